The number of amides is 1. The molecule has 2 heterocycles. The van der Waals surface area contributed by atoms with Crippen molar-refractivity contribution in [2.45, 2.75) is 32.8 Å². The fourth-order valence-corrected chi connectivity index (χ4v) is 2.27. The number of ether oxygens (including phenoxy) is 2. The van der Waals surface area contributed by atoms with Crippen molar-refractivity contribution in [3.8, 4) is 5.88 Å². The quantitative estimate of drug-likeness (QED) is 0.841. The van der Waals surface area contributed by atoms with Gasteiger partial charge in [0, 0.05) is 32.2 Å². The van der Waals surface area contributed by atoms with Crippen LogP contribution in [0.4, 0.5) is 19.3 Å². The standard InChI is InChI=1S/C16H23F2N3O3/c1-16(2,3)24-15(22)21-8-6-20(7-9-21)12-4-5-14(19-10-12)23-11-13(17)18/h4-5,10,13H,6-9,11H2,1-3H3. The molecule has 0 aromatic carbocycles. The first-order valence-corrected chi connectivity index (χ1v) is 7.84. The monoisotopic (exact) mass is 343 g/mol. The Morgan fingerprint density at radius 3 is 2.42 bits per heavy atom. The molecular weight excluding hydrogens is 320 g/mol. The van der Waals surface area contributed by atoms with E-state index in [1.165, 1.54) is 0 Å². The third-order valence-corrected chi connectivity index (χ3v) is 3.37. The smallest absolute Gasteiger partial charge is 0.410 e. The van der Waals surface area contributed by atoms with Crippen molar-refractivity contribution in [1.29, 1.82) is 0 Å². The van der Waals surface area contributed by atoms with Gasteiger partial charge in [0.2, 0.25) is 5.88 Å². The molecule has 0 saturated carbocycles. The molecule has 0 atom stereocenters. The van der Waals surface area contributed by atoms with Gasteiger partial charge in [-0.15, -0.1) is 0 Å². The lowest BCUT2D eigenvalue weighted by Gasteiger charge is -2.36. The maximum Gasteiger partial charge on any atom is 0.410 e. The second-order valence-electron chi connectivity index (χ2n) is 6.51. The lowest BCUT2D eigenvalue weighted by atomic mass is 10.2. The molecule has 0 aliphatic carbocycles. The van der Waals surface area contributed by atoms with Gasteiger partial charge < -0.3 is 19.3 Å². The van der Waals surface area contributed by atoms with Gasteiger partial charge in [-0.05, 0) is 26.8 Å². The Morgan fingerprint density at radius 2 is 1.92 bits per heavy atom. The van der Waals surface area contributed by atoms with E-state index in [0.29, 0.717) is 26.2 Å². The molecule has 1 amide bonds. The van der Waals surface area contributed by atoms with Crippen LogP contribution in [0.25, 0.3) is 0 Å². The van der Waals surface area contributed by atoms with Gasteiger partial charge in [-0.2, -0.15) is 0 Å². The van der Waals surface area contributed by atoms with E-state index < -0.39 is 18.6 Å². The van der Waals surface area contributed by atoms with Crippen LogP contribution in [0.5, 0.6) is 5.88 Å². The molecule has 8 heteroatoms. The predicted octanol–water partition coefficient (Wildman–Crippen LogP) is 2.78. The summed E-state index contributed by atoms with van der Waals surface area (Å²) in [4.78, 5) is 19.8. The Balaban J connectivity index is 1.84. The van der Waals surface area contributed by atoms with Crippen molar-refractivity contribution in [2.24, 2.45) is 0 Å². The van der Waals surface area contributed by atoms with Crippen LogP contribution in [0.15, 0.2) is 18.3 Å². The van der Waals surface area contributed by atoms with Crippen LogP contribution in [0.2, 0.25) is 0 Å². The Bertz CT molecular complexity index is 538. The number of halogens is 2. The Morgan fingerprint density at radius 1 is 1.25 bits per heavy atom. The molecule has 0 radical (unpaired) electrons. The second kappa shape index (κ2) is 7.63. The molecule has 1 fully saturated rings. The molecule has 0 bridgehead atoms. The van der Waals surface area contributed by atoms with E-state index in [-0.39, 0.29) is 12.0 Å². The summed E-state index contributed by atoms with van der Waals surface area (Å²) in [6.07, 6.45) is -1.24. The molecular formula is C16H23F2N3O3. The van der Waals surface area contributed by atoms with E-state index in [0.717, 1.165) is 5.69 Å². The van der Waals surface area contributed by atoms with E-state index in [1.54, 1.807) is 23.2 Å². The molecule has 0 N–H and O–H groups in total. The highest BCUT2D eigenvalue weighted by Crippen LogP contribution is 2.19. The summed E-state index contributed by atoms with van der Waals surface area (Å²) < 4.78 is 34.4. The maximum atomic E-state index is 12.1. The largest absolute Gasteiger partial charge is 0.472 e. The first kappa shape index (κ1) is 18.2. The van der Waals surface area contributed by atoms with Crippen LogP contribution in [0.3, 0.4) is 0 Å². The van der Waals surface area contributed by atoms with Crippen molar-refractivity contribution in [2.75, 3.05) is 37.7 Å². The van der Waals surface area contributed by atoms with Gasteiger partial charge in [0.05, 0.1) is 11.9 Å². The summed E-state index contributed by atoms with van der Waals surface area (Å²) in [6.45, 7) is 7.26. The lowest BCUT2D eigenvalue weighted by molar-refractivity contribution is 0.0240. The molecule has 134 valence electrons. The van der Waals surface area contributed by atoms with Crippen molar-refractivity contribution in [3.05, 3.63) is 18.3 Å². The normalized spacial score (nSPS) is 15.6. The molecule has 24 heavy (non-hydrogen) atoms. The predicted molar refractivity (Wildman–Crippen MR) is 85.8 cm³/mol. The first-order chi connectivity index (χ1) is 11.2. The van der Waals surface area contributed by atoms with Crippen LogP contribution < -0.4 is 9.64 Å². The van der Waals surface area contributed by atoms with Gasteiger partial charge >= 0.3 is 6.09 Å². The van der Waals surface area contributed by atoms with Gasteiger partial charge in [0.1, 0.15) is 5.60 Å². The minimum Gasteiger partial charge on any atom is -0.472 e. The summed E-state index contributed by atoms with van der Waals surface area (Å²) >= 11 is 0. The van der Waals surface area contributed by atoms with E-state index in [1.807, 2.05) is 20.8 Å². The Kier molecular flexibility index (Phi) is 5.80. The molecule has 1 aromatic rings. The highest BCUT2D eigenvalue weighted by Gasteiger charge is 2.26. The fraction of sp³-hybridized carbons (Fsp3) is 0.625. The average molecular weight is 343 g/mol. The highest BCUT2D eigenvalue weighted by molar-refractivity contribution is 5.68. The minimum atomic E-state index is -2.52. The van der Waals surface area contributed by atoms with E-state index in [9.17, 15) is 13.6 Å². The van der Waals surface area contributed by atoms with Gasteiger partial charge in [0.15, 0.2) is 6.61 Å². The van der Waals surface area contributed by atoms with Crippen LogP contribution in [0.1, 0.15) is 20.8 Å². The number of carbonyl (C=O) groups is 1. The van der Waals surface area contributed by atoms with Crippen LogP contribution >= 0.6 is 0 Å². The summed E-state index contributed by atoms with van der Waals surface area (Å²) in [5.41, 5.74) is 0.356. The number of anilines is 1. The van der Waals surface area contributed by atoms with Crippen LogP contribution in [-0.2, 0) is 4.74 Å². The molecule has 1 aliphatic heterocycles. The van der Waals surface area contributed by atoms with E-state index >= 15 is 0 Å². The van der Waals surface area contributed by atoms with Gasteiger partial charge in [-0.1, -0.05) is 0 Å². The molecule has 2 rings (SSSR count). The van der Waals surface area contributed by atoms with Crippen molar-refractivity contribution in [3.63, 3.8) is 0 Å². The van der Waals surface area contributed by atoms with Gasteiger partial charge in [-0.25, -0.2) is 18.6 Å². The van der Waals surface area contributed by atoms with E-state index in [4.69, 9.17) is 9.47 Å². The van der Waals surface area contributed by atoms with Crippen LogP contribution in [0, 0.1) is 0 Å². The van der Waals surface area contributed by atoms with E-state index in [2.05, 4.69) is 9.88 Å². The molecule has 1 saturated heterocycles. The number of pyridine rings is 1. The second-order valence-corrected chi connectivity index (χ2v) is 6.51. The number of piperazine rings is 1. The average Bonchev–Trinajstić information content (AvgIpc) is 2.52. The molecule has 1 aromatic heterocycles. The minimum absolute atomic E-state index is 0.173. The highest BCUT2D eigenvalue weighted by atomic mass is 19.3. The molecule has 6 nitrogen and oxygen atoms in total. The number of hydrogen-bond acceptors (Lipinski definition) is 5. The van der Waals surface area contributed by atoms with Crippen molar-refractivity contribution in [1.82, 2.24) is 9.88 Å². The third kappa shape index (κ3) is 5.50. The first-order valence-electron chi connectivity index (χ1n) is 7.84. The zero-order chi connectivity index (χ0) is 17.7. The van der Waals surface area contributed by atoms with Gasteiger partial charge in [-0.3, -0.25) is 0 Å². The Labute approximate surface area is 140 Å². The molecule has 0 spiro atoms. The summed E-state index contributed by atoms with van der Waals surface area (Å²) in [6, 6.07) is 3.34. The number of rotatable bonds is 4. The Hall–Kier alpha value is -2.12. The van der Waals surface area contributed by atoms with Crippen LogP contribution in [-0.4, -0.2) is 60.8 Å². The number of nitrogens with zero attached hydrogens (tertiary/aromatic N) is 3. The molecule has 0 unspecified atom stereocenters. The summed E-state index contributed by atoms with van der Waals surface area (Å²) in [5.74, 6) is 0.173. The zero-order valence-corrected chi connectivity index (χ0v) is 14.2. The zero-order valence-electron chi connectivity index (χ0n) is 14.2. The summed E-state index contributed by atoms with van der Waals surface area (Å²) in [7, 11) is 0. The molecule has 1 aliphatic rings. The number of hydrogen-bond donors (Lipinski definition) is 0. The van der Waals surface area contributed by atoms with Crippen molar-refractivity contribution < 1.29 is 23.0 Å². The summed E-state index contributed by atoms with van der Waals surface area (Å²) in [5, 5.41) is 0. The number of carbonyl (C=O) groups excluding carboxylic acids is 1. The van der Waals surface area contributed by atoms with Crippen molar-refractivity contribution >= 4 is 11.8 Å². The third-order valence-electron chi connectivity index (χ3n) is 3.37. The van der Waals surface area contributed by atoms with Gasteiger partial charge in [0.25, 0.3) is 6.43 Å². The topological polar surface area (TPSA) is 54.9 Å². The lowest BCUT2D eigenvalue weighted by Crippen LogP contribution is -2.50. The maximum absolute atomic E-state index is 12.1. The number of aromatic nitrogens is 1. The SMILES string of the molecule is CC(C)(C)OC(=O)N1CCN(c2ccc(OCC(F)F)nc2)CC1. The fourth-order valence-electron chi connectivity index (χ4n) is 2.27. The number of alkyl halides is 2.